The molecule has 0 aliphatic carbocycles. The number of hydrogen-bond acceptors (Lipinski definition) is 3. The van der Waals surface area contributed by atoms with Gasteiger partial charge >= 0.3 is 12.1 Å². The van der Waals surface area contributed by atoms with Crippen LogP contribution in [-0.4, -0.2) is 21.8 Å². The van der Waals surface area contributed by atoms with Crippen molar-refractivity contribution >= 4 is 11.8 Å². The fourth-order valence-corrected chi connectivity index (χ4v) is 1.89. The molecule has 0 saturated heterocycles. The van der Waals surface area contributed by atoms with Crippen molar-refractivity contribution in [1.29, 1.82) is 0 Å². The van der Waals surface area contributed by atoms with Gasteiger partial charge in [-0.25, -0.2) is 4.79 Å². The molecule has 2 aromatic rings. The lowest BCUT2D eigenvalue weighted by Crippen LogP contribution is -2.14. The predicted octanol–water partition coefficient (Wildman–Crippen LogP) is 3.34. The highest BCUT2D eigenvalue weighted by Gasteiger charge is 2.31. The molecule has 0 fully saturated rings. The molecule has 22 heavy (non-hydrogen) atoms. The van der Waals surface area contributed by atoms with Crippen LogP contribution in [-0.2, 0) is 6.18 Å². The molecular weight excluding hydrogens is 299 g/mol. The number of hydrogen-bond donors (Lipinski definition) is 1. The van der Waals surface area contributed by atoms with E-state index in [-0.39, 0.29) is 11.1 Å². The molecule has 0 aliphatic rings. The first-order chi connectivity index (χ1) is 10.2. The van der Waals surface area contributed by atoms with E-state index in [0.29, 0.717) is 11.6 Å². The Bertz CT molecular complexity index is 754. The third kappa shape index (κ3) is 3.13. The average Bonchev–Trinajstić information content (AvgIpc) is 2.45. The van der Waals surface area contributed by atoms with Crippen LogP contribution in [0.4, 0.5) is 13.2 Å². The van der Waals surface area contributed by atoms with Crippen molar-refractivity contribution in [2.75, 3.05) is 0 Å². The summed E-state index contributed by atoms with van der Waals surface area (Å²) in [4.78, 5) is 27.2. The molecule has 114 valence electrons. The van der Waals surface area contributed by atoms with Gasteiger partial charge in [0.25, 0.3) is 0 Å². The Morgan fingerprint density at radius 2 is 1.86 bits per heavy atom. The molecule has 4 nitrogen and oxygen atoms in total. The van der Waals surface area contributed by atoms with Gasteiger partial charge in [0.15, 0.2) is 0 Å². The maximum Gasteiger partial charge on any atom is 0.416 e. The van der Waals surface area contributed by atoms with E-state index in [4.69, 9.17) is 5.11 Å². The number of aromatic carboxylic acids is 1. The van der Waals surface area contributed by atoms with Crippen LogP contribution in [0.3, 0.4) is 0 Å². The van der Waals surface area contributed by atoms with Crippen molar-refractivity contribution in [2.45, 2.75) is 13.1 Å². The summed E-state index contributed by atoms with van der Waals surface area (Å²) in [5, 5.41) is 9.10. The normalized spacial score (nSPS) is 11.3. The molecule has 1 aromatic carbocycles. The summed E-state index contributed by atoms with van der Waals surface area (Å²) in [5.74, 6) is -2.24. The summed E-state index contributed by atoms with van der Waals surface area (Å²) < 4.78 is 38.0. The van der Waals surface area contributed by atoms with E-state index in [1.54, 1.807) is 6.92 Å². The molecule has 0 spiro atoms. The van der Waals surface area contributed by atoms with E-state index in [9.17, 15) is 22.8 Å². The van der Waals surface area contributed by atoms with E-state index >= 15 is 0 Å². The lowest BCUT2D eigenvalue weighted by Gasteiger charge is -2.09. The molecule has 0 saturated carbocycles. The van der Waals surface area contributed by atoms with Gasteiger partial charge < -0.3 is 5.11 Å². The van der Waals surface area contributed by atoms with E-state index < -0.39 is 29.2 Å². The molecular formula is C15H10F3NO3. The van der Waals surface area contributed by atoms with Crippen molar-refractivity contribution in [2.24, 2.45) is 0 Å². The molecule has 0 radical (unpaired) electrons. The maximum absolute atomic E-state index is 12.7. The highest BCUT2D eigenvalue weighted by Crippen LogP contribution is 2.30. The van der Waals surface area contributed by atoms with Gasteiger partial charge in [-0.05, 0) is 30.7 Å². The van der Waals surface area contributed by atoms with Crippen LogP contribution >= 0.6 is 0 Å². The quantitative estimate of drug-likeness (QED) is 0.883. The van der Waals surface area contributed by atoms with Crippen LogP contribution in [0.1, 0.15) is 37.5 Å². The van der Waals surface area contributed by atoms with Crippen LogP contribution in [0, 0.1) is 6.92 Å². The Labute approximate surface area is 123 Å². The summed E-state index contributed by atoms with van der Waals surface area (Å²) in [6.45, 7) is 1.60. The van der Waals surface area contributed by atoms with Gasteiger partial charge in [-0.1, -0.05) is 12.1 Å². The Morgan fingerprint density at radius 1 is 1.18 bits per heavy atom. The summed E-state index contributed by atoms with van der Waals surface area (Å²) in [6, 6.07) is 5.03. The van der Waals surface area contributed by atoms with E-state index in [1.165, 1.54) is 18.3 Å². The second kappa shape index (κ2) is 5.59. The highest BCUT2D eigenvalue weighted by atomic mass is 19.4. The molecule has 0 amide bonds. The first kappa shape index (κ1) is 15.7. The second-order valence-electron chi connectivity index (χ2n) is 4.62. The van der Waals surface area contributed by atoms with E-state index in [1.807, 2.05) is 0 Å². The number of benzene rings is 1. The zero-order valence-electron chi connectivity index (χ0n) is 11.3. The number of carbonyl (C=O) groups is 2. The average molecular weight is 309 g/mol. The first-order valence-electron chi connectivity index (χ1n) is 6.12. The zero-order chi connectivity index (χ0) is 16.5. The fraction of sp³-hybridized carbons (Fsp3) is 0.133. The third-order valence-corrected chi connectivity index (χ3v) is 2.92. The molecule has 7 heteroatoms. The van der Waals surface area contributed by atoms with E-state index in [0.717, 1.165) is 12.1 Å². The van der Waals surface area contributed by atoms with Crippen LogP contribution in [0.25, 0.3) is 0 Å². The highest BCUT2D eigenvalue weighted by molar-refractivity contribution is 6.13. The second-order valence-corrected chi connectivity index (χ2v) is 4.62. The maximum atomic E-state index is 12.7. The fourth-order valence-electron chi connectivity index (χ4n) is 1.89. The standard InChI is InChI=1S/C15H10F3NO3/c1-8-5-11(14(21)22)12(19-7-8)13(20)9-3-2-4-10(6-9)15(16,17)18/h2-7H,1H3,(H,21,22). The largest absolute Gasteiger partial charge is 0.478 e. The smallest absolute Gasteiger partial charge is 0.416 e. The molecule has 1 heterocycles. The predicted molar refractivity (Wildman–Crippen MR) is 70.8 cm³/mol. The summed E-state index contributed by atoms with van der Waals surface area (Å²) >= 11 is 0. The van der Waals surface area contributed by atoms with Crippen LogP contribution in [0.2, 0.25) is 0 Å². The van der Waals surface area contributed by atoms with Gasteiger partial charge in [0.1, 0.15) is 5.69 Å². The topological polar surface area (TPSA) is 67.3 Å². The molecule has 1 N–H and O–H groups in total. The Morgan fingerprint density at radius 3 is 2.45 bits per heavy atom. The number of aromatic nitrogens is 1. The van der Waals surface area contributed by atoms with Crippen LogP contribution < -0.4 is 0 Å². The molecule has 0 unspecified atom stereocenters. The Kier molecular flexibility index (Phi) is 3.99. The molecule has 2 rings (SSSR count). The van der Waals surface area contributed by atoms with Crippen LogP contribution in [0.5, 0.6) is 0 Å². The van der Waals surface area contributed by atoms with Gasteiger partial charge in [0.2, 0.25) is 5.78 Å². The van der Waals surface area contributed by atoms with Gasteiger partial charge in [-0.2, -0.15) is 13.2 Å². The first-order valence-corrected chi connectivity index (χ1v) is 6.12. The minimum Gasteiger partial charge on any atom is -0.478 e. The number of carbonyl (C=O) groups excluding carboxylic acids is 1. The SMILES string of the molecule is Cc1cnc(C(=O)c2cccc(C(F)(F)F)c2)c(C(=O)O)c1. The number of carboxylic acids is 1. The van der Waals surface area contributed by atoms with Crippen molar-refractivity contribution in [3.63, 3.8) is 0 Å². The zero-order valence-corrected chi connectivity index (χ0v) is 11.3. The minimum absolute atomic E-state index is 0.270. The monoisotopic (exact) mass is 309 g/mol. The van der Waals surface area contributed by atoms with Crippen molar-refractivity contribution in [3.8, 4) is 0 Å². The Hall–Kier alpha value is -2.70. The van der Waals surface area contributed by atoms with Gasteiger partial charge in [0.05, 0.1) is 11.1 Å². The number of rotatable bonds is 3. The van der Waals surface area contributed by atoms with Crippen molar-refractivity contribution < 1.29 is 27.9 Å². The Balaban J connectivity index is 2.52. The third-order valence-electron chi connectivity index (χ3n) is 2.92. The lowest BCUT2D eigenvalue weighted by atomic mass is 10.0. The lowest BCUT2D eigenvalue weighted by molar-refractivity contribution is -0.137. The molecule has 0 aliphatic heterocycles. The van der Waals surface area contributed by atoms with Gasteiger partial charge in [0, 0.05) is 11.8 Å². The number of pyridine rings is 1. The molecule has 0 atom stereocenters. The van der Waals surface area contributed by atoms with Crippen molar-refractivity contribution in [3.05, 3.63) is 64.5 Å². The molecule has 0 bridgehead atoms. The minimum atomic E-state index is -4.59. The van der Waals surface area contributed by atoms with E-state index in [2.05, 4.69) is 4.98 Å². The van der Waals surface area contributed by atoms with Gasteiger partial charge in [-0.15, -0.1) is 0 Å². The number of aryl methyl sites for hydroxylation is 1. The summed E-state index contributed by atoms with van der Waals surface area (Å²) in [6.07, 6.45) is -3.31. The van der Waals surface area contributed by atoms with Gasteiger partial charge in [-0.3, -0.25) is 9.78 Å². The summed E-state index contributed by atoms with van der Waals surface area (Å²) in [7, 11) is 0. The molecule has 1 aromatic heterocycles. The summed E-state index contributed by atoms with van der Waals surface area (Å²) in [5.41, 5.74) is -1.46. The number of carboxylic acid groups (broad SMARTS) is 1. The van der Waals surface area contributed by atoms with Crippen molar-refractivity contribution in [1.82, 2.24) is 4.98 Å². The number of ketones is 1. The van der Waals surface area contributed by atoms with Crippen LogP contribution in [0.15, 0.2) is 36.5 Å². The number of halogens is 3. The number of nitrogens with zero attached hydrogens (tertiary/aromatic N) is 1. The number of alkyl halides is 3.